The Bertz CT molecular complexity index is 987. The third-order valence-corrected chi connectivity index (χ3v) is 3.40. The first kappa shape index (κ1) is 14.6. The van der Waals surface area contributed by atoms with Crippen molar-refractivity contribution in [1.82, 2.24) is 9.97 Å². The van der Waals surface area contributed by atoms with Gasteiger partial charge >= 0.3 is 5.82 Å². The number of nitrogens with zero attached hydrogens (tertiary/aromatic N) is 5. The molecule has 110 valence electrons. The van der Waals surface area contributed by atoms with Gasteiger partial charge in [-0.15, -0.1) is 0 Å². The van der Waals surface area contributed by atoms with Crippen LogP contribution in [0, 0.1) is 25.2 Å². The van der Waals surface area contributed by atoms with Crippen LogP contribution in [0.2, 0.25) is 0 Å². The molecule has 0 amide bonds. The van der Waals surface area contributed by atoms with Crippen LogP contribution in [0.25, 0.3) is 27.8 Å². The summed E-state index contributed by atoms with van der Waals surface area (Å²) in [6.07, 6.45) is 3.81. The van der Waals surface area contributed by atoms with E-state index in [2.05, 4.69) is 9.97 Å². The molecule has 5 nitrogen and oxygen atoms in total. The van der Waals surface area contributed by atoms with E-state index in [1.807, 2.05) is 73.1 Å². The molecule has 3 aromatic rings. The van der Waals surface area contributed by atoms with Gasteiger partial charge in [0.15, 0.2) is 5.69 Å². The number of fused-ring (bicyclic) bond motifs is 1. The minimum Gasteiger partial charge on any atom is -0.762 e. The van der Waals surface area contributed by atoms with E-state index in [1.54, 1.807) is 0 Å². The van der Waals surface area contributed by atoms with Gasteiger partial charge in [-0.1, -0.05) is 12.1 Å². The number of pyridine rings is 1. The molecule has 0 radical (unpaired) electrons. The molecule has 0 spiro atoms. The van der Waals surface area contributed by atoms with E-state index < -0.39 is 0 Å². The highest BCUT2D eigenvalue weighted by molar-refractivity contribution is 5.99. The van der Waals surface area contributed by atoms with E-state index in [-0.39, 0.29) is 5.57 Å². The van der Waals surface area contributed by atoms with Crippen molar-refractivity contribution in [2.75, 3.05) is 0 Å². The van der Waals surface area contributed by atoms with Crippen LogP contribution in [0.4, 0.5) is 0 Å². The zero-order valence-corrected chi connectivity index (χ0v) is 12.8. The molecule has 0 saturated heterocycles. The van der Waals surface area contributed by atoms with Crippen molar-refractivity contribution in [2.45, 2.75) is 13.8 Å². The Morgan fingerprint density at radius 3 is 2.26 bits per heavy atom. The summed E-state index contributed by atoms with van der Waals surface area (Å²) >= 11 is 0. The molecule has 2 heterocycles. The Hall–Kier alpha value is -3.35. The number of allylic oxidation sites excluding steroid dienone is 1. The summed E-state index contributed by atoms with van der Waals surface area (Å²) in [6.45, 7) is 3.97. The molecule has 2 aromatic heterocycles. The van der Waals surface area contributed by atoms with E-state index in [9.17, 15) is 10.7 Å². The Kier molecular flexibility index (Phi) is 3.68. The second-order valence-corrected chi connectivity index (χ2v) is 5.28. The molecule has 5 heteroatoms. The van der Waals surface area contributed by atoms with E-state index in [0.717, 1.165) is 11.1 Å². The van der Waals surface area contributed by atoms with Crippen LogP contribution >= 0.6 is 0 Å². The van der Waals surface area contributed by atoms with Gasteiger partial charge in [-0.05, 0) is 48.2 Å². The second-order valence-electron chi connectivity index (χ2n) is 5.28. The van der Waals surface area contributed by atoms with Crippen molar-refractivity contribution < 1.29 is 4.57 Å². The van der Waals surface area contributed by atoms with Crippen LogP contribution in [0.1, 0.15) is 16.8 Å². The molecule has 0 aliphatic heterocycles. The predicted octanol–water partition coefficient (Wildman–Crippen LogP) is 2.67. The van der Waals surface area contributed by atoms with Crippen molar-refractivity contribution in [3.8, 4) is 11.9 Å². The van der Waals surface area contributed by atoms with Gasteiger partial charge in [0.25, 0.3) is 0 Å². The third kappa shape index (κ3) is 2.71. The van der Waals surface area contributed by atoms with Crippen LogP contribution in [-0.4, -0.2) is 15.8 Å². The molecule has 0 N–H and O–H groups in total. The highest BCUT2D eigenvalue weighted by Gasteiger charge is 2.22. The number of hydrogen-bond acceptors (Lipinski definition) is 3. The normalized spacial score (nSPS) is 10.1. The van der Waals surface area contributed by atoms with Gasteiger partial charge in [0.1, 0.15) is 17.2 Å². The molecule has 0 bridgehead atoms. The Morgan fingerprint density at radius 2 is 1.70 bits per heavy atom. The monoisotopic (exact) mass is 299 g/mol. The molecule has 3 rings (SSSR count). The fourth-order valence-corrected chi connectivity index (χ4v) is 2.50. The molecular weight excluding hydrogens is 286 g/mol. The summed E-state index contributed by atoms with van der Waals surface area (Å²) in [5, 5.41) is 18.5. The standard InChI is InChI=1S/C18H13N5/c1-12-7-13(2)11-23(10-12)18-17(14(8-19)9-20)21-15-5-3-4-6-16(15)22-18/h3-7,10-11H,1-2H3. The van der Waals surface area contributed by atoms with E-state index >= 15 is 0 Å². The summed E-state index contributed by atoms with van der Waals surface area (Å²) < 4.78 is 1.81. The predicted molar refractivity (Wildman–Crippen MR) is 87.9 cm³/mol. The lowest BCUT2D eigenvalue weighted by atomic mass is 10.2. The number of aromatic nitrogens is 3. The van der Waals surface area contributed by atoms with Gasteiger partial charge < -0.3 is 5.41 Å². The van der Waals surface area contributed by atoms with Crippen LogP contribution in [0.3, 0.4) is 0 Å². The zero-order chi connectivity index (χ0) is 16.4. The summed E-state index contributed by atoms with van der Waals surface area (Å²) in [7, 11) is 0. The molecule has 0 fully saturated rings. The van der Waals surface area contributed by atoms with Crippen LogP contribution in [-0.2, 0) is 0 Å². The topological polar surface area (TPSA) is 75.8 Å². The highest BCUT2D eigenvalue weighted by Crippen LogP contribution is 2.18. The Labute approximate surface area is 133 Å². The smallest absolute Gasteiger partial charge is 0.356 e. The average Bonchev–Trinajstić information content (AvgIpc) is 2.54. The average molecular weight is 299 g/mol. The quantitative estimate of drug-likeness (QED) is 0.415. The van der Waals surface area contributed by atoms with Gasteiger partial charge in [0.2, 0.25) is 5.52 Å². The molecule has 0 aliphatic carbocycles. The summed E-state index contributed by atoms with van der Waals surface area (Å²) in [6, 6.07) is 11.4. The summed E-state index contributed by atoms with van der Waals surface area (Å²) in [4.78, 5) is 9.11. The first-order valence-electron chi connectivity index (χ1n) is 7.06. The number of rotatable bonds is 2. The SMILES string of the molecule is Cc1cc(C)c[n+](-c2nc3ccccc3nc2C(=C=[N-])C#N)c1. The Morgan fingerprint density at radius 1 is 1.09 bits per heavy atom. The van der Waals surface area contributed by atoms with Crippen LogP contribution in [0.5, 0.6) is 0 Å². The van der Waals surface area contributed by atoms with Gasteiger partial charge in [-0.25, -0.2) is 15.4 Å². The van der Waals surface area contributed by atoms with Gasteiger partial charge in [-0.2, -0.15) is 5.26 Å². The van der Waals surface area contributed by atoms with Gasteiger partial charge in [0.05, 0.1) is 12.4 Å². The molecule has 0 unspecified atom stereocenters. The van der Waals surface area contributed by atoms with Gasteiger partial charge in [-0.3, -0.25) is 0 Å². The van der Waals surface area contributed by atoms with E-state index in [4.69, 9.17) is 0 Å². The number of aryl methyl sites for hydroxylation is 2. The summed E-state index contributed by atoms with van der Waals surface area (Å²) in [5.41, 5.74) is 3.73. The van der Waals surface area contributed by atoms with Crippen molar-refractivity contribution in [3.63, 3.8) is 0 Å². The van der Waals surface area contributed by atoms with E-state index in [0.29, 0.717) is 22.5 Å². The molecular formula is C18H13N5. The molecule has 0 aliphatic rings. The summed E-state index contributed by atoms with van der Waals surface area (Å²) in [5.74, 6) is 2.39. The molecule has 1 aromatic carbocycles. The molecule has 23 heavy (non-hydrogen) atoms. The maximum Gasteiger partial charge on any atom is 0.356 e. The molecule has 0 atom stereocenters. The number of nitriles is 1. The van der Waals surface area contributed by atoms with Gasteiger partial charge in [0, 0.05) is 0 Å². The third-order valence-electron chi connectivity index (χ3n) is 3.40. The largest absolute Gasteiger partial charge is 0.762 e. The minimum atomic E-state index is -0.0510. The fraction of sp³-hybridized carbons (Fsp3) is 0.111. The van der Waals surface area contributed by atoms with E-state index in [1.165, 1.54) is 0 Å². The lowest BCUT2D eigenvalue weighted by molar-refractivity contribution is -0.600. The van der Waals surface area contributed by atoms with Crippen molar-refractivity contribution in [3.05, 3.63) is 65.0 Å². The maximum absolute atomic E-state index is 9.25. The van der Waals surface area contributed by atoms with Crippen molar-refractivity contribution >= 4 is 22.5 Å². The maximum atomic E-state index is 9.25. The zero-order valence-electron chi connectivity index (χ0n) is 12.8. The second kappa shape index (κ2) is 5.80. The first-order valence-corrected chi connectivity index (χ1v) is 7.06. The fourth-order valence-electron chi connectivity index (χ4n) is 2.50. The van der Waals surface area contributed by atoms with Crippen LogP contribution in [0.15, 0.2) is 42.7 Å². The number of benzene rings is 1. The highest BCUT2D eigenvalue weighted by atomic mass is 15.1. The number of hydrogen-bond donors (Lipinski definition) is 0. The van der Waals surface area contributed by atoms with Crippen molar-refractivity contribution in [2.24, 2.45) is 0 Å². The minimum absolute atomic E-state index is 0.0510. The Balaban J connectivity index is 2.39. The van der Waals surface area contributed by atoms with Crippen molar-refractivity contribution in [1.29, 1.82) is 5.26 Å². The lowest BCUT2D eigenvalue weighted by Crippen LogP contribution is -2.34. The first-order chi connectivity index (χ1) is 11.1. The van der Waals surface area contributed by atoms with Crippen LogP contribution < -0.4 is 4.57 Å². The lowest BCUT2D eigenvalue weighted by Gasteiger charge is -2.05. The molecule has 0 saturated carbocycles. The number of para-hydroxylation sites is 2.